The van der Waals surface area contributed by atoms with Crippen LogP contribution in [0.5, 0.6) is 0 Å². The summed E-state index contributed by atoms with van der Waals surface area (Å²) < 4.78 is 0. The van der Waals surface area contributed by atoms with Crippen molar-refractivity contribution >= 4 is 5.91 Å². The van der Waals surface area contributed by atoms with Crippen LogP contribution in [0.2, 0.25) is 0 Å². The highest BCUT2D eigenvalue weighted by Crippen LogP contribution is 2.34. The Morgan fingerprint density at radius 1 is 1.28 bits per heavy atom. The van der Waals surface area contributed by atoms with E-state index in [2.05, 4.69) is 38.0 Å². The highest BCUT2D eigenvalue weighted by molar-refractivity contribution is 5.82. The van der Waals surface area contributed by atoms with Gasteiger partial charge in [0.2, 0.25) is 5.91 Å². The van der Waals surface area contributed by atoms with Gasteiger partial charge in [0.25, 0.3) is 0 Å². The molecule has 1 saturated heterocycles. The monoisotopic (exact) mass is 256 g/mol. The summed E-state index contributed by atoms with van der Waals surface area (Å²) in [6, 6.07) is 0. The molecular formula is C15H32N2O. The Kier molecular flexibility index (Phi) is 8.25. The van der Waals surface area contributed by atoms with Gasteiger partial charge < -0.3 is 10.2 Å². The summed E-state index contributed by atoms with van der Waals surface area (Å²) in [4.78, 5) is 14.5. The Hall–Kier alpha value is -0.570. The van der Waals surface area contributed by atoms with E-state index in [0.717, 1.165) is 38.9 Å². The number of carbonyl (C=O) groups excluding carboxylic acids is 1. The normalized spacial score (nSPS) is 19.1. The van der Waals surface area contributed by atoms with Crippen LogP contribution in [0.4, 0.5) is 0 Å². The van der Waals surface area contributed by atoms with Crippen molar-refractivity contribution < 1.29 is 4.79 Å². The summed E-state index contributed by atoms with van der Waals surface area (Å²) >= 11 is 0. The molecule has 1 heterocycles. The number of hydrogen-bond acceptors (Lipinski definition) is 2. The van der Waals surface area contributed by atoms with Gasteiger partial charge in [-0.25, -0.2) is 0 Å². The first-order valence-electron chi connectivity index (χ1n) is 7.47. The molecule has 0 radical (unpaired) electrons. The van der Waals surface area contributed by atoms with Gasteiger partial charge in [-0.05, 0) is 45.3 Å². The van der Waals surface area contributed by atoms with Crippen LogP contribution in [0.3, 0.4) is 0 Å². The van der Waals surface area contributed by atoms with Crippen LogP contribution in [0.1, 0.15) is 53.9 Å². The van der Waals surface area contributed by atoms with Gasteiger partial charge in [0, 0.05) is 6.54 Å². The van der Waals surface area contributed by atoms with Gasteiger partial charge in [0.1, 0.15) is 0 Å². The minimum atomic E-state index is -0.0958. The number of nitrogens with one attached hydrogen (secondary N) is 1. The molecule has 0 aliphatic carbocycles. The number of rotatable bonds is 4. The van der Waals surface area contributed by atoms with Gasteiger partial charge in [-0.1, -0.05) is 34.6 Å². The average Bonchev–Trinajstić information content (AvgIpc) is 2.39. The van der Waals surface area contributed by atoms with Crippen molar-refractivity contribution in [3.8, 4) is 0 Å². The predicted octanol–water partition coefficient (Wildman–Crippen LogP) is 2.91. The van der Waals surface area contributed by atoms with Crippen LogP contribution in [-0.2, 0) is 4.79 Å². The molecule has 0 unspecified atom stereocenters. The Labute approximate surface area is 113 Å². The van der Waals surface area contributed by atoms with E-state index in [1.165, 1.54) is 0 Å². The molecule has 1 aliphatic heterocycles. The smallest absolute Gasteiger partial charge is 0.226 e. The zero-order chi connectivity index (χ0) is 14.2. The van der Waals surface area contributed by atoms with Gasteiger partial charge >= 0.3 is 0 Å². The average molecular weight is 256 g/mol. The van der Waals surface area contributed by atoms with Crippen molar-refractivity contribution in [2.24, 2.45) is 11.3 Å². The van der Waals surface area contributed by atoms with Gasteiger partial charge in [-0.3, -0.25) is 4.79 Å². The molecule has 0 saturated carbocycles. The van der Waals surface area contributed by atoms with Crippen LogP contribution < -0.4 is 5.32 Å². The highest BCUT2D eigenvalue weighted by atomic mass is 16.2. The fourth-order valence-corrected chi connectivity index (χ4v) is 2.27. The predicted molar refractivity (Wildman–Crippen MR) is 78.7 cm³/mol. The van der Waals surface area contributed by atoms with Crippen LogP contribution in [-0.4, -0.2) is 37.5 Å². The van der Waals surface area contributed by atoms with Crippen molar-refractivity contribution in [2.75, 3.05) is 26.7 Å². The molecule has 18 heavy (non-hydrogen) atoms. The zero-order valence-corrected chi connectivity index (χ0v) is 13.2. The molecule has 0 aromatic heterocycles. The second kappa shape index (κ2) is 8.52. The van der Waals surface area contributed by atoms with E-state index in [1.807, 2.05) is 13.8 Å². The summed E-state index contributed by atoms with van der Waals surface area (Å²) in [5, 5.41) is 3.10. The summed E-state index contributed by atoms with van der Waals surface area (Å²) in [5.74, 6) is 0.806. The number of hydrogen-bond donors (Lipinski definition) is 1. The summed E-state index contributed by atoms with van der Waals surface area (Å²) in [6.07, 6.45) is 2.97. The van der Waals surface area contributed by atoms with Crippen molar-refractivity contribution in [2.45, 2.75) is 53.9 Å². The van der Waals surface area contributed by atoms with E-state index in [0.29, 0.717) is 5.92 Å². The minimum absolute atomic E-state index is 0.0958. The van der Waals surface area contributed by atoms with Gasteiger partial charge in [0.05, 0.1) is 5.41 Å². The quantitative estimate of drug-likeness (QED) is 0.839. The van der Waals surface area contributed by atoms with Crippen molar-refractivity contribution in [1.29, 1.82) is 0 Å². The third-order valence-electron chi connectivity index (χ3n) is 3.77. The molecular weight excluding hydrogens is 224 g/mol. The standard InChI is InChI=1S/C13H26N2O.C2H6/c1-5-13(6-8-15(4)9-7-13)12(16)14-10-11(2)3;1-2/h11H,5-10H2,1-4H3,(H,14,16);1-2H3. The van der Waals surface area contributed by atoms with Crippen LogP contribution in [0.25, 0.3) is 0 Å². The fourth-order valence-electron chi connectivity index (χ4n) is 2.27. The lowest BCUT2D eigenvalue weighted by Crippen LogP contribution is -2.48. The molecule has 1 amide bonds. The summed E-state index contributed by atoms with van der Waals surface area (Å²) in [5.41, 5.74) is -0.0958. The maximum absolute atomic E-state index is 12.2. The molecule has 108 valence electrons. The van der Waals surface area contributed by atoms with E-state index in [1.54, 1.807) is 0 Å². The molecule has 0 aromatic carbocycles. The Balaban J connectivity index is 0.00000137. The second-order valence-corrected chi connectivity index (χ2v) is 5.54. The second-order valence-electron chi connectivity index (χ2n) is 5.54. The first kappa shape index (κ1) is 17.4. The van der Waals surface area contributed by atoms with Crippen LogP contribution >= 0.6 is 0 Å². The third-order valence-corrected chi connectivity index (χ3v) is 3.77. The molecule has 0 atom stereocenters. The van der Waals surface area contributed by atoms with Gasteiger partial charge in [-0.2, -0.15) is 0 Å². The van der Waals surface area contributed by atoms with E-state index >= 15 is 0 Å². The largest absolute Gasteiger partial charge is 0.355 e. The first-order valence-corrected chi connectivity index (χ1v) is 7.47. The van der Waals surface area contributed by atoms with E-state index < -0.39 is 0 Å². The van der Waals surface area contributed by atoms with E-state index in [9.17, 15) is 4.79 Å². The molecule has 0 aromatic rings. The van der Waals surface area contributed by atoms with Gasteiger partial charge in [0.15, 0.2) is 0 Å². The van der Waals surface area contributed by atoms with Gasteiger partial charge in [-0.15, -0.1) is 0 Å². The lowest BCUT2D eigenvalue weighted by Gasteiger charge is -2.38. The van der Waals surface area contributed by atoms with Crippen molar-refractivity contribution in [3.05, 3.63) is 0 Å². The molecule has 0 spiro atoms. The third kappa shape index (κ3) is 4.97. The lowest BCUT2D eigenvalue weighted by molar-refractivity contribution is -0.134. The maximum Gasteiger partial charge on any atom is 0.226 e. The minimum Gasteiger partial charge on any atom is -0.355 e. The number of piperidine rings is 1. The van der Waals surface area contributed by atoms with E-state index in [4.69, 9.17) is 0 Å². The maximum atomic E-state index is 12.2. The molecule has 1 rings (SSSR count). The van der Waals surface area contributed by atoms with Crippen LogP contribution in [0, 0.1) is 11.3 Å². The topological polar surface area (TPSA) is 32.3 Å². The Morgan fingerprint density at radius 2 is 1.78 bits per heavy atom. The molecule has 1 fully saturated rings. The van der Waals surface area contributed by atoms with Crippen molar-refractivity contribution in [3.63, 3.8) is 0 Å². The Bertz CT molecular complexity index is 231. The lowest BCUT2D eigenvalue weighted by atomic mass is 9.75. The van der Waals surface area contributed by atoms with E-state index in [-0.39, 0.29) is 11.3 Å². The summed E-state index contributed by atoms with van der Waals surface area (Å²) in [7, 11) is 2.13. The number of amides is 1. The molecule has 0 bridgehead atoms. The van der Waals surface area contributed by atoms with Crippen molar-refractivity contribution in [1.82, 2.24) is 10.2 Å². The fraction of sp³-hybridized carbons (Fsp3) is 0.933. The Morgan fingerprint density at radius 3 is 2.17 bits per heavy atom. The molecule has 3 nitrogen and oxygen atoms in total. The molecule has 1 N–H and O–H groups in total. The summed E-state index contributed by atoms with van der Waals surface area (Å²) in [6.45, 7) is 13.3. The molecule has 1 aliphatic rings. The first-order chi connectivity index (χ1) is 8.50. The number of nitrogens with zero attached hydrogens (tertiary/aromatic N) is 1. The number of likely N-dealkylation sites (tertiary alicyclic amines) is 1. The highest BCUT2D eigenvalue weighted by Gasteiger charge is 2.38. The van der Waals surface area contributed by atoms with Crippen LogP contribution in [0.15, 0.2) is 0 Å². The SMILES string of the molecule is CC.CCC1(C(=O)NCC(C)C)CCN(C)CC1. The zero-order valence-electron chi connectivity index (χ0n) is 13.2. The number of carbonyl (C=O) groups is 1. The molecule has 3 heteroatoms.